The molecule has 2 rings (SSSR count). The van der Waals surface area contributed by atoms with Crippen LogP contribution >= 0.6 is 27.5 Å². The van der Waals surface area contributed by atoms with Crippen molar-refractivity contribution in [1.29, 1.82) is 0 Å². The van der Waals surface area contributed by atoms with Crippen molar-refractivity contribution in [2.75, 3.05) is 0 Å². The summed E-state index contributed by atoms with van der Waals surface area (Å²) in [5, 5.41) is 0.615. The maximum Gasteiger partial charge on any atom is 0.126 e. The van der Waals surface area contributed by atoms with Crippen molar-refractivity contribution in [2.24, 2.45) is 5.41 Å². The van der Waals surface area contributed by atoms with Gasteiger partial charge in [-0.05, 0) is 48.4 Å². The lowest BCUT2D eigenvalue weighted by molar-refractivity contribution is 0.490. The van der Waals surface area contributed by atoms with Gasteiger partial charge in [0, 0.05) is 9.85 Å². The van der Waals surface area contributed by atoms with Crippen molar-refractivity contribution >= 4 is 27.5 Å². The van der Waals surface area contributed by atoms with E-state index in [4.69, 9.17) is 11.6 Å². The zero-order valence-corrected chi connectivity index (χ0v) is 10.9. The predicted molar refractivity (Wildman–Crippen MR) is 65.2 cm³/mol. The number of alkyl halides is 1. The maximum atomic E-state index is 13.5. The van der Waals surface area contributed by atoms with E-state index in [1.54, 1.807) is 12.1 Å². The molecule has 15 heavy (non-hydrogen) atoms. The molecule has 0 heterocycles. The third kappa shape index (κ3) is 2.36. The molecule has 1 aliphatic carbocycles. The molecule has 0 spiro atoms. The van der Waals surface area contributed by atoms with Gasteiger partial charge in [0.25, 0.3) is 0 Å². The molecule has 0 radical (unpaired) electrons. The molecule has 1 unspecified atom stereocenters. The van der Waals surface area contributed by atoms with E-state index in [0.29, 0.717) is 9.85 Å². The fourth-order valence-electron chi connectivity index (χ4n) is 1.93. The lowest BCUT2D eigenvalue weighted by Gasteiger charge is -2.18. The van der Waals surface area contributed by atoms with Crippen molar-refractivity contribution in [3.63, 3.8) is 0 Å². The molecule has 1 saturated carbocycles. The van der Waals surface area contributed by atoms with Crippen LogP contribution in [0.1, 0.15) is 25.3 Å². The fraction of sp³-hybridized carbons (Fsp3) is 0.500. The van der Waals surface area contributed by atoms with E-state index < -0.39 is 0 Å². The van der Waals surface area contributed by atoms with Crippen molar-refractivity contribution in [3.8, 4) is 0 Å². The zero-order valence-electron chi connectivity index (χ0n) is 8.56. The van der Waals surface area contributed by atoms with Gasteiger partial charge in [0.2, 0.25) is 0 Å². The summed E-state index contributed by atoms with van der Waals surface area (Å²) in [6.45, 7) is 2.13. The lowest BCUT2D eigenvalue weighted by atomic mass is 9.93. The first-order chi connectivity index (χ1) is 7.03. The van der Waals surface area contributed by atoms with E-state index in [-0.39, 0.29) is 11.2 Å². The molecule has 0 aromatic heterocycles. The fourth-order valence-corrected chi connectivity index (χ4v) is 2.75. The Morgan fingerprint density at radius 1 is 1.53 bits per heavy atom. The summed E-state index contributed by atoms with van der Waals surface area (Å²) in [4.78, 5) is 0.434. The number of rotatable bonds is 3. The summed E-state index contributed by atoms with van der Waals surface area (Å²) < 4.78 is 13.5. The Balaban J connectivity index is 2.21. The van der Waals surface area contributed by atoms with E-state index >= 15 is 0 Å². The largest absolute Gasteiger partial charge is 0.207 e. The van der Waals surface area contributed by atoms with E-state index in [2.05, 4.69) is 22.9 Å². The third-order valence-electron chi connectivity index (χ3n) is 3.29. The minimum absolute atomic E-state index is 0.140. The molecule has 0 N–H and O–H groups in total. The van der Waals surface area contributed by atoms with Crippen LogP contribution in [-0.4, -0.2) is 4.83 Å². The maximum absolute atomic E-state index is 13.5. The van der Waals surface area contributed by atoms with Crippen molar-refractivity contribution in [3.05, 3.63) is 34.6 Å². The molecule has 3 heteroatoms. The van der Waals surface area contributed by atoms with Crippen LogP contribution < -0.4 is 0 Å². The van der Waals surface area contributed by atoms with E-state index in [9.17, 15) is 4.39 Å². The molecular weight excluding hydrogens is 278 g/mol. The second-order valence-electron chi connectivity index (χ2n) is 4.39. The van der Waals surface area contributed by atoms with Gasteiger partial charge in [-0.15, -0.1) is 0 Å². The summed E-state index contributed by atoms with van der Waals surface area (Å²) in [6.07, 6.45) is 3.13. The molecule has 0 nitrogen and oxygen atoms in total. The minimum atomic E-state index is -0.140. The highest BCUT2D eigenvalue weighted by Crippen LogP contribution is 2.54. The van der Waals surface area contributed by atoms with Gasteiger partial charge in [-0.2, -0.15) is 0 Å². The highest BCUT2D eigenvalue weighted by atomic mass is 79.9. The van der Waals surface area contributed by atoms with Crippen molar-refractivity contribution in [1.82, 2.24) is 0 Å². The second-order valence-corrected chi connectivity index (χ2v) is 6.20. The first-order valence-electron chi connectivity index (χ1n) is 5.11. The highest BCUT2D eigenvalue weighted by molar-refractivity contribution is 9.09. The van der Waals surface area contributed by atoms with E-state index in [1.165, 1.54) is 18.9 Å². The molecule has 1 fully saturated rings. The molecule has 1 aromatic rings. The molecule has 82 valence electrons. The Kier molecular flexibility index (Phi) is 3.09. The Labute approximate surface area is 103 Å². The molecule has 0 amide bonds. The Hall–Kier alpha value is -0.0800. The number of hydrogen-bond donors (Lipinski definition) is 0. The van der Waals surface area contributed by atoms with Crippen LogP contribution in [-0.2, 0) is 6.42 Å². The Morgan fingerprint density at radius 2 is 2.20 bits per heavy atom. The van der Waals surface area contributed by atoms with Gasteiger partial charge in [0.1, 0.15) is 5.82 Å². The predicted octanol–water partition coefficient (Wildman–Crippen LogP) is 4.59. The van der Waals surface area contributed by atoms with Gasteiger partial charge in [0.05, 0.1) is 0 Å². The molecular formula is C12H13BrClF. The Morgan fingerprint density at radius 3 is 2.73 bits per heavy atom. The third-order valence-corrected chi connectivity index (χ3v) is 4.49. The topological polar surface area (TPSA) is 0 Å². The normalized spacial score (nSPS) is 20.0. The zero-order chi connectivity index (χ0) is 11.1. The molecule has 0 saturated heterocycles. The average molecular weight is 292 g/mol. The number of benzene rings is 1. The van der Waals surface area contributed by atoms with Crippen LogP contribution in [0.3, 0.4) is 0 Å². The molecule has 0 aliphatic heterocycles. The van der Waals surface area contributed by atoms with Gasteiger partial charge < -0.3 is 0 Å². The summed E-state index contributed by atoms with van der Waals surface area (Å²) in [5.74, 6) is -0.140. The molecule has 0 bridgehead atoms. The van der Waals surface area contributed by atoms with Gasteiger partial charge in [-0.3, -0.25) is 0 Å². The monoisotopic (exact) mass is 290 g/mol. The SMILES string of the molecule is CC(Br)C1(Cc2cc(Cl)ccc2F)CC1. The van der Waals surface area contributed by atoms with Crippen molar-refractivity contribution < 1.29 is 4.39 Å². The van der Waals surface area contributed by atoms with Gasteiger partial charge in [-0.25, -0.2) is 4.39 Å². The van der Waals surface area contributed by atoms with Crippen LogP contribution in [0.2, 0.25) is 5.02 Å². The number of hydrogen-bond acceptors (Lipinski definition) is 0. The molecule has 1 aliphatic rings. The molecule has 1 aromatic carbocycles. The molecule has 1 atom stereocenters. The summed E-state index contributed by atoms with van der Waals surface area (Å²) in [6, 6.07) is 4.79. The van der Waals surface area contributed by atoms with Gasteiger partial charge in [-0.1, -0.05) is 34.5 Å². The van der Waals surface area contributed by atoms with Crippen LogP contribution in [0.4, 0.5) is 4.39 Å². The van der Waals surface area contributed by atoms with Crippen LogP contribution in [0, 0.1) is 11.2 Å². The average Bonchev–Trinajstić information content (AvgIpc) is 2.92. The quantitative estimate of drug-likeness (QED) is 0.715. The first kappa shape index (κ1) is 11.4. The van der Waals surface area contributed by atoms with E-state index in [0.717, 1.165) is 12.0 Å². The smallest absolute Gasteiger partial charge is 0.126 e. The van der Waals surface area contributed by atoms with Crippen molar-refractivity contribution in [2.45, 2.75) is 31.0 Å². The summed E-state index contributed by atoms with van der Waals surface area (Å²) >= 11 is 9.47. The summed E-state index contributed by atoms with van der Waals surface area (Å²) in [5.41, 5.74) is 0.997. The highest BCUT2D eigenvalue weighted by Gasteiger charge is 2.46. The van der Waals surface area contributed by atoms with Crippen LogP contribution in [0.15, 0.2) is 18.2 Å². The van der Waals surface area contributed by atoms with Gasteiger partial charge in [0.15, 0.2) is 0 Å². The standard InChI is InChI=1S/C12H13BrClF/c1-8(13)12(4-5-12)7-9-6-10(14)2-3-11(9)15/h2-3,6,8H,4-5,7H2,1H3. The lowest BCUT2D eigenvalue weighted by Crippen LogP contribution is -2.16. The van der Waals surface area contributed by atoms with E-state index in [1.807, 2.05) is 0 Å². The minimum Gasteiger partial charge on any atom is -0.207 e. The summed E-state index contributed by atoms with van der Waals surface area (Å²) in [7, 11) is 0. The van der Waals surface area contributed by atoms with Crippen LogP contribution in [0.5, 0.6) is 0 Å². The number of halogens is 3. The Bertz CT molecular complexity index is 372. The van der Waals surface area contributed by atoms with Gasteiger partial charge >= 0.3 is 0 Å². The second kappa shape index (κ2) is 4.06. The van der Waals surface area contributed by atoms with Crippen LogP contribution in [0.25, 0.3) is 0 Å². The first-order valence-corrected chi connectivity index (χ1v) is 6.41.